The fourth-order valence-electron chi connectivity index (χ4n) is 2.41. The fraction of sp³-hybridized carbons (Fsp3) is 0.190. The summed E-state index contributed by atoms with van der Waals surface area (Å²) in [4.78, 5) is 24.1. The van der Waals surface area contributed by atoms with Crippen molar-refractivity contribution in [1.82, 2.24) is 9.78 Å². The molecule has 0 N–H and O–H groups in total. The van der Waals surface area contributed by atoms with E-state index < -0.39 is 5.97 Å². The van der Waals surface area contributed by atoms with Crippen molar-refractivity contribution in [2.45, 2.75) is 6.54 Å². The number of hydrogen-bond acceptors (Lipinski definition) is 6. The molecule has 150 valence electrons. The number of halogens is 1. The first-order chi connectivity index (χ1) is 14.1. The minimum absolute atomic E-state index is 0.0159. The molecule has 0 aliphatic rings. The second-order valence-corrected chi connectivity index (χ2v) is 6.26. The number of carbonyl (C=O) groups excluding carboxylic acids is 1. The molecule has 1 heterocycles. The Balaban J connectivity index is 1.49. The second kappa shape index (κ2) is 10.3. The molecule has 0 atom stereocenters. The molecule has 0 aliphatic carbocycles. The summed E-state index contributed by atoms with van der Waals surface area (Å²) in [5, 5.41) is 4.52. The third-order valence-corrected chi connectivity index (χ3v) is 4.11. The fourth-order valence-corrected chi connectivity index (χ4v) is 2.60. The molecule has 0 spiro atoms. The van der Waals surface area contributed by atoms with Gasteiger partial charge in [-0.05, 0) is 30.3 Å². The molecule has 8 heteroatoms. The van der Waals surface area contributed by atoms with Gasteiger partial charge in [-0.3, -0.25) is 4.79 Å². The van der Waals surface area contributed by atoms with E-state index in [4.69, 9.17) is 25.8 Å². The van der Waals surface area contributed by atoms with Crippen LogP contribution in [0, 0.1) is 0 Å². The van der Waals surface area contributed by atoms with E-state index in [0.717, 1.165) is 0 Å². The topological polar surface area (TPSA) is 79.7 Å². The molecule has 29 heavy (non-hydrogen) atoms. The quantitative estimate of drug-likeness (QED) is 0.395. The normalized spacial score (nSPS) is 10.4. The zero-order valence-corrected chi connectivity index (χ0v) is 16.2. The van der Waals surface area contributed by atoms with Crippen molar-refractivity contribution in [2.75, 3.05) is 19.8 Å². The van der Waals surface area contributed by atoms with Gasteiger partial charge in [-0.15, -0.1) is 0 Å². The van der Waals surface area contributed by atoms with E-state index in [1.54, 1.807) is 24.3 Å². The maximum atomic E-state index is 12.2. The van der Waals surface area contributed by atoms with Crippen molar-refractivity contribution in [2.24, 2.45) is 0 Å². The van der Waals surface area contributed by atoms with Crippen LogP contribution in [0.3, 0.4) is 0 Å². The van der Waals surface area contributed by atoms with Gasteiger partial charge in [-0.25, -0.2) is 9.48 Å². The molecule has 1 aromatic heterocycles. The molecule has 3 aromatic rings. The predicted octanol–water partition coefficient (Wildman–Crippen LogP) is 3.21. The summed E-state index contributed by atoms with van der Waals surface area (Å²) in [6.07, 6.45) is 0. The number of hydrogen-bond donors (Lipinski definition) is 0. The first kappa shape index (κ1) is 20.4. The molecule has 0 saturated heterocycles. The van der Waals surface area contributed by atoms with Gasteiger partial charge < -0.3 is 14.2 Å². The van der Waals surface area contributed by atoms with Crippen molar-refractivity contribution in [3.05, 3.63) is 87.8 Å². The summed E-state index contributed by atoms with van der Waals surface area (Å²) >= 11 is 5.99. The number of esters is 1. The summed E-state index contributed by atoms with van der Waals surface area (Å²) < 4.78 is 17.3. The highest BCUT2D eigenvalue weighted by molar-refractivity contribution is 6.32. The highest BCUT2D eigenvalue weighted by Gasteiger charge is 2.11. The van der Waals surface area contributed by atoms with E-state index in [2.05, 4.69) is 5.10 Å². The highest BCUT2D eigenvalue weighted by atomic mass is 35.5. The lowest BCUT2D eigenvalue weighted by atomic mass is 10.3. The smallest absolute Gasteiger partial charge is 0.358 e. The van der Waals surface area contributed by atoms with Gasteiger partial charge in [0.1, 0.15) is 31.3 Å². The Labute approximate surface area is 172 Å². The van der Waals surface area contributed by atoms with Gasteiger partial charge in [-0.2, -0.15) is 5.10 Å². The Morgan fingerprint density at radius 2 is 1.66 bits per heavy atom. The molecule has 0 unspecified atom stereocenters. The van der Waals surface area contributed by atoms with Crippen LogP contribution < -0.4 is 15.0 Å². The Morgan fingerprint density at radius 3 is 2.45 bits per heavy atom. The maximum Gasteiger partial charge on any atom is 0.358 e. The average Bonchev–Trinajstić information content (AvgIpc) is 2.74. The molecule has 2 aromatic carbocycles. The van der Waals surface area contributed by atoms with Gasteiger partial charge in [0.15, 0.2) is 5.69 Å². The van der Waals surface area contributed by atoms with E-state index in [0.29, 0.717) is 16.5 Å². The van der Waals surface area contributed by atoms with Crippen LogP contribution in [0.15, 0.2) is 71.5 Å². The molecular weight excluding hydrogens is 396 g/mol. The number of nitrogens with zero attached hydrogens (tertiary/aromatic N) is 2. The van der Waals surface area contributed by atoms with Crippen molar-refractivity contribution < 1.29 is 19.0 Å². The van der Waals surface area contributed by atoms with Crippen LogP contribution in [-0.2, 0) is 11.3 Å². The maximum absolute atomic E-state index is 12.2. The van der Waals surface area contributed by atoms with Crippen molar-refractivity contribution >= 4 is 17.6 Å². The van der Waals surface area contributed by atoms with E-state index >= 15 is 0 Å². The van der Waals surface area contributed by atoms with E-state index in [1.807, 2.05) is 30.3 Å². The summed E-state index contributed by atoms with van der Waals surface area (Å²) in [6.45, 7) is 0.591. The third kappa shape index (κ3) is 6.08. The average molecular weight is 415 g/mol. The van der Waals surface area contributed by atoms with Crippen LogP contribution in [0.2, 0.25) is 5.02 Å². The van der Waals surface area contributed by atoms with Gasteiger partial charge >= 0.3 is 5.97 Å². The zero-order valence-electron chi connectivity index (χ0n) is 15.5. The number of carbonyl (C=O) groups is 1. The Kier molecular flexibility index (Phi) is 7.24. The molecule has 0 radical (unpaired) electrons. The monoisotopic (exact) mass is 414 g/mol. The minimum atomic E-state index is -0.648. The van der Waals surface area contributed by atoms with Gasteiger partial charge in [0, 0.05) is 6.07 Å². The molecule has 0 bridgehead atoms. The lowest BCUT2D eigenvalue weighted by Crippen LogP contribution is -2.27. The molecule has 3 rings (SSSR count). The van der Waals surface area contributed by atoms with E-state index in [-0.39, 0.29) is 37.6 Å². The number of para-hydroxylation sites is 2. The molecular formula is C21H19ClN2O5. The Hall–Kier alpha value is -3.32. The van der Waals surface area contributed by atoms with Crippen molar-refractivity contribution in [3.63, 3.8) is 0 Å². The first-order valence-corrected chi connectivity index (χ1v) is 9.32. The number of ether oxygens (including phenoxy) is 3. The first-order valence-electron chi connectivity index (χ1n) is 8.94. The Bertz CT molecular complexity index is 1010. The van der Waals surface area contributed by atoms with E-state index in [9.17, 15) is 9.59 Å². The third-order valence-electron chi connectivity index (χ3n) is 3.80. The Morgan fingerprint density at radius 1 is 0.897 bits per heavy atom. The molecule has 0 aliphatic heterocycles. The molecule has 0 amide bonds. The van der Waals surface area contributed by atoms with Gasteiger partial charge in [0.2, 0.25) is 0 Å². The van der Waals surface area contributed by atoms with E-state index in [1.165, 1.54) is 16.8 Å². The molecule has 0 saturated carbocycles. The largest absolute Gasteiger partial charge is 0.492 e. The second-order valence-electron chi connectivity index (χ2n) is 5.86. The summed E-state index contributed by atoms with van der Waals surface area (Å²) in [7, 11) is 0. The minimum Gasteiger partial charge on any atom is -0.492 e. The molecule has 7 nitrogen and oxygen atoms in total. The summed E-state index contributed by atoms with van der Waals surface area (Å²) in [5.74, 6) is 0.551. The summed E-state index contributed by atoms with van der Waals surface area (Å²) in [6, 6.07) is 18.8. The van der Waals surface area contributed by atoms with Crippen LogP contribution in [0.5, 0.6) is 11.5 Å². The van der Waals surface area contributed by atoms with Gasteiger partial charge in [-0.1, -0.05) is 41.9 Å². The lowest BCUT2D eigenvalue weighted by molar-refractivity contribution is 0.0440. The summed E-state index contributed by atoms with van der Waals surface area (Å²) in [5.41, 5.74) is -0.303. The number of benzene rings is 2. The lowest BCUT2D eigenvalue weighted by Gasteiger charge is -2.10. The van der Waals surface area contributed by atoms with Crippen LogP contribution in [0.1, 0.15) is 10.5 Å². The number of rotatable bonds is 9. The predicted molar refractivity (Wildman–Crippen MR) is 108 cm³/mol. The van der Waals surface area contributed by atoms with Crippen LogP contribution >= 0.6 is 11.6 Å². The van der Waals surface area contributed by atoms with Crippen molar-refractivity contribution in [1.29, 1.82) is 0 Å². The van der Waals surface area contributed by atoms with Gasteiger partial charge in [0.05, 0.1) is 11.6 Å². The standard InChI is InChI=1S/C21H19ClN2O5/c22-17-8-4-5-9-19(17)28-14-15-29-21(26)18-10-11-20(25)24(23-18)12-13-27-16-6-2-1-3-7-16/h1-11H,12-15H2. The van der Waals surface area contributed by atoms with Crippen LogP contribution in [-0.4, -0.2) is 35.6 Å². The van der Waals surface area contributed by atoms with Crippen LogP contribution in [0.4, 0.5) is 0 Å². The highest BCUT2D eigenvalue weighted by Crippen LogP contribution is 2.22. The van der Waals surface area contributed by atoms with Gasteiger partial charge in [0.25, 0.3) is 5.56 Å². The number of aromatic nitrogens is 2. The van der Waals surface area contributed by atoms with Crippen LogP contribution in [0.25, 0.3) is 0 Å². The van der Waals surface area contributed by atoms with Crippen molar-refractivity contribution in [3.8, 4) is 11.5 Å². The molecule has 0 fully saturated rings. The zero-order chi connectivity index (χ0) is 20.5. The SMILES string of the molecule is O=C(OCCOc1ccccc1Cl)c1ccc(=O)n(CCOc2ccccc2)n1.